The number of nitrogens with zero attached hydrogens (tertiary/aromatic N) is 1. The quantitative estimate of drug-likeness (QED) is 0.613. The fourth-order valence-electron chi connectivity index (χ4n) is 4.11. The van der Waals surface area contributed by atoms with Crippen molar-refractivity contribution >= 4 is 5.91 Å². The van der Waals surface area contributed by atoms with Crippen LogP contribution in [0.2, 0.25) is 0 Å². The molecule has 11 heteroatoms. The number of hydrazine groups is 1. The first-order valence-electron chi connectivity index (χ1n) is 9.97. The topological polar surface area (TPSA) is 74.9 Å². The predicted octanol–water partition coefficient (Wildman–Crippen LogP) is 1.49. The van der Waals surface area contributed by atoms with Gasteiger partial charge in [-0.2, -0.15) is 18.7 Å². The Kier molecular flexibility index (Phi) is 6.26. The van der Waals surface area contributed by atoms with E-state index in [-0.39, 0.29) is 36.3 Å². The number of nitrogens with one attached hydrogen (secondary N) is 3. The Morgan fingerprint density at radius 2 is 2.13 bits per heavy atom. The average molecular weight is 432 g/mol. The molecule has 0 radical (unpaired) electrons. The Labute approximate surface area is 171 Å². The van der Waals surface area contributed by atoms with Crippen molar-refractivity contribution < 1.29 is 31.9 Å². The van der Waals surface area contributed by atoms with E-state index in [1.807, 2.05) is 0 Å². The lowest BCUT2D eigenvalue weighted by molar-refractivity contribution is -0.138. The molecular weight excluding hydrogens is 408 g/mol. The molecule has 0 aliphatic carbocycles. The van der Waals surface area contributed by atoms with Gasteiger partial charge in [-0.15, -0.1) is 0 Å². The summed E-state index contributed by atoms with van der Waals surface area (Å²) < 4.78 is 58.6. The maximum atomic E-state index is 13.5. The van der Waals surface area contributed by atoms with Gasteiger partial charge in [0.1, 0.15) is 18.0 Å². The van der Waals surface area contributed by atoms with E-state index in [0.29, 0.717) is 26.1 Å². The second kappa shape index (κ2) is 8.75. The second-order valence-corrected chi connectivity index (χ2v) is 7.86. The van der Waals surface area contributed by atoms with Gasteiger partial charge in [-0.25, -0.2) is 9.40 Å². The van der Waals surface area contributed by atoms with E-state index >= 15 is 0 Å². The van der Waals surface area contributed by atoms with Gasteiger partial charge in [0.05, 0.1) is 17.7 Å². The van der Waals surface area contributed by atoms with Crippen LogP contribution in [-0.4, -0.2) is 54.9 Å². The summed E-state index contributed by atoms with van der Waals surface area (Å²) in [6.45, 7) is 1.23. The van der Waals surface area contributed by atoms with Crippen LogP contribution in [0.1, 0.15) is 30.4 Å². The molecule has 4 unspecified atom stereocenters. The van der Waals surface area contributed by atoms with Crippen molar-refractivity contribution in [2.24, 2.45) is 0 Å². The predicted molar refractivity (Wildman–Crippen MR) is 97.1 cm³/mol. The molecule has 166 valence electrons. The zero-order chi connectivity index (χ0) is 21.3. The van der Waals surface area contributed by atoms with Gasteiger partial charge in [0.2, 0.25) is 5.91 Å². The molecule has 4 rings (SSSR count). The molecular formula is C19H24F4N4O3. The summed E-state index contributed by atoms with van der Waals surface area (Å²) >= 11 is 0. The summed E-state index contributed by atoms with van der Waals surface area (Å²) in [5.41, 5.74) is 4.68. The number of hydrogen-bond acceptors (Lipinski definition) is 6. The maximum absolute atomic E-state index is 13.5. The van der Waals surface area contributed by atoms with Crippen molar-refractivity contribution in [3.63, 3.8) is 0 Å². The Hall–Kier alpha value is -1.79. The minimum atomic E-state index is -4.57. The molecule has 30 heavy (non-hydrogen) atoms. The van der Waals surface area contributed by atoms with E-state index in [1.165, 1.54) is 0 Å². The summed E-state index contributed by atoms with van der Waals surface area (Å²) in [7, 11) is 0. The molecule has 3 saturated heterocycles. The van der Waals surface area contributed by atoms with Crippen molar-refractivity contribution in [2.75, 3.05) is 19.7 Å². The number of ether oxygens (including phenoxy) is 1. The molecule has 0 saturated carbocycles. The van der Waals surface area contributed by atoms with Gasteiger partial charge < -0.3 is 10.1 Å². The second-order valence-electron chi connectivity index (χ2n) is 7.86. The van der Waals surface area contributed by atoms with E-state index in [0.717, 1.165) is 31.0 Å². The highest BCUT2D eigenvalue weighted by molar-refractivity contribution is 5.82. The molecule has 3 fully saturated rings. The summed E-state index contributed by atoms with van der Waals surface area (Å²) in [5.74, 6) is -0.957. The van der Waals surface area contributed by atoms with Gasteiger partial charge in [-0.3, -0.25) is 15.1 Å². The largest absolute Gasteiger partial charge is 0.416 e. The molecule has 7 nitrogen and oxygen atoms in total. The van der Waals surface area contributed by atoms with Crippen LogP contribution in [0.25, 0.3) is 0 Å². The summed E-state index contributed by atoms with van der Waals surface area (Å²) in [5, 5.41) is 4.43. The van der Waals surface area contributed by atoms with Gasteiger partial charge in [-0.1, -0.05) is 0 Å². The Morgan fingerprint density at radius 3 is 2.87 bits per heavy atom. The number of carbonyl (C=O) groups is 1. The van der Waals surface area contributed by atoms with E-state index in [2.05, 4.69) is 16.2 Å². The zero-order valence-corrected chi connectivity index (χ0v) is 16.2. The van der Waals surface area contributed by atoms with Crippen LogP contribution in [0.4, 0.5) is 17.6 Å². The number of halogens is 4. The van der Waals surface area contributed by atoms with Crippen LogP contribution < -0.4 is 16.2 Å². The Balaban J connectivity index is 1.29. The van der Waals surface area contributed by atoms with Crippen LogP contribution in [-0.2, 0) is 27.1 Å². The number of carbonyl (C=O) groups excluding carboxylic acids is 1. The lowest BCUT2D eigenvalue weighted by Crippen LogP contribution is -2.47. The minimum Gasteiger partial charge on any atom is -0.375 e. The summed E-state index contributed by atoms with van der Waals surface area (Å²) in [6.07, 6.45) is -2.36. The maximum Gasteiger partial charge on any atom is 0.416 e. The number of amides is 1. The number of benzene rings is 1. The van der Waals surface area contributed by atoms with Crippen molar-refractivity contribution in [1.82, 2.24) is 21.2 Å². The Bertz CT molecular complexity index is 773. The normalized spacial score (nSPS) is 30.1. The number of alkyl halides is 3. The fraction of sp³-hybridized carbons (Fsp3) is 0.632. The van der Waals surface area contributed by atoms with Crippen molar-refractivity contribution in [2.45, 2.75) is 56.3 Å². The molecule has 0 bridgehead atoms. The highest BCUT2D eigenvalue weighted by atomic mass is 19.4. The molecule has 4 atom stereocenters. The average Bonchev–Trinajstić information content (AvgIpc) is 3.42. The summed E-state index contributed by atoms with van der Waals surface area (Å²) in [6, 6.07) is 1.64. The van der Waals surface area contributed by atoms with Gasteiger partial charge in [0.25, 0.3) is 0 Å². The van der Waals surface area contributed by atoms with Crippen LogP contribution in [0.15, 0.2) is 18.2 Å². The van der Waals surface area contributed by atoms with E-state index < -0.39 is 23.6 Å². The van der Waals surface area contributed by atoms with E-state index in [1.54, 1.807) is 5.01 Å². The molecule has 3 aliphatic rings. The van der Waals surface area contributed by atoms with Gasteiger partial charge in [-0.05, 0) is 36.6 Å². The lowest BCUT2D eigenvalue weighted by Gasteiger charge is -2.20. The third-order valence-corrected chi connectivity index (χ3v) is 5.61. The molecule has 3 aliphatic heterocycles. The highest BCUT2D eigenvalue weighted by Crippen LogP contribution is 2.33. The molecule has 1 aromatic rings. The molecule has 1 amide bonds. The van der Waals surface area contributed by atoms with Gasteiger partial charge in [0.15, 0.2) is 0 Å². The highest BCUT2D eigenvalue weighted by Gasteiger charge is 2.39. The van der Waals surface area contributed by atoms with Crippen LogP contribution in [0.5, 0.6) is 0 Å². The molecule has 3 N–H and O–H groups in total. The van der Waals surface area contributed by atoms with Crippen LogP contribution in [0, 0.1) is 5.82 Å². The standard InChI is InChI=1S/C19H24F4N4O3/c20-12-3-4-14(19(21,22)23)11(6-12)9-27-10-13(8-24-27)25-18(28)15-7-17(30-26-15)16-2-1-5-29-16/h3-4,6,13,15-17,24,26H,1-2,5,7-10H2,(H,25,28). The molecule has 0 spiro atoms. The van der Waals surface area contributed by atoms with Crippen molar-refractivity contribution in [1.29, 1.82) is 0 Å². The van der Waals surface area contributed by atoms with Gasteiger partial charge in [0, 0.05) is 32.7 Å². The van der Waals surface area contributed by atoms with Gasteiger partial charge >= 0.3 is 6.18 Å². The first-order chi connectivity index (χ1) is 14.3. The van der Waals surface area contributed by atoms with Crippen molar-refractivity contribution in [3.8, 4) is 0 Å². The molecule has 3 heterocycles. The monoisotopic (exact) mass is 432 g/mol. The first-order valence-corrected chi connectivity index (χ1v) is 9.97. The Morgan fingerprint density at radius 1 is 1.30 bits per heavy atom. The summed E-state index contributed by atoms with van der Waals surface area (Å²) in [4.78, 5) is 18.0. The third-order valence-electron chi connectivity index (χ3n) is 5.61. The SMILES string of the molecule is O=C(NC1CNN(Cc2cc(F)ccc2C(F)(F)F)C1)C1CC(C2CCCO2)ON1. The van der Waals surface area contributed by atoms with E-state index in [4.69, 9.17) is 9.57 Å². The lowest BCUT2D eigenvalue weighted by atomic mass is 10.0. The first kappa shape index (κ1) is 21.4. The van der Waals surface area contributed by atoms with Crippen LogP contribution >= 0.6 is 0 Å². The smallest absolute Gasteiger partial charge is 0.375 e. The van der Waals surface area contributed by atoms with Crippen LogP contribution in [0.3, 0.4) is 0 Å². The molecule has 1 aromatic carbocycles. The fourth-order valence-corrected chi connectivity index (χ4v) is 4.11. The van der Waals surface area contributed by atoms with E-state index in [9.17, 15) is 22.4 Å². The zero-order valence-electron chi connectivity index (χ0n) is 16.2. The number of hydrogen-bond donors (Lipinski definition) is 3. The molecule has 0 aromatic heterocycles. The number of hydroxylamine groups is 1. The third kappa shape index (κ3) is 4.92. The minimum absolute atomic E-state index is 0.00645. The van der Waals surface area contributed by atoms with Crippen molar-refractivity contribution in [3.05, 3.63) is 35.1 Å². The number of rotatable bonds is 5.